The number of carbonyl (C=O) groups excluding carboxylic acids is 1. The van der Waals surface area contributed by atoms with Gasteiger partial charge in [-0.05, 0) is 36.4 Å². The first-order chi connectivity index (χ1) is 11.5. The molecule has 122 valence electrons. The predicted octanol–water partition coefficient (Wildman–Crippen LogP) is 4.31. The van der Waals surface area contributed by atoms with Crippen LogP contribution in [0.1, 0.15) is 16.1 Å². The second-order valence-electron chi connectivity index (χ2n) is 5.00. The number of hydrogen-bond acceptors (Lipinski definition) is 3. The molecule has 3 aromatic rings. The molecule has 2 aromatic carbocycles. The van der Waals surface area contributed by atoms with E-state index in [4.69, 9.17) is 4.52 Å². The van der Waals surface area contributed by atoms with E-state index >= 15 is 0 Å². The van der Waals surface area contributed by atoms with Gasteiger partial charge in [0.25, 0.3) is 5.91 Å². The van der Waals surface area contributed by atoms with Crippen molar-refractivity contribution in [3.05, 3.63) is 75.9 Å². The standard InChI is InChI=1S/C17H11BrF2N2O2/c18-11-3-1-10(2-4-11)17(23)21-9-13-8-16(24-22-13)14-6-5-12(19)7-15(14)20/h1-8H,9H2,(H,21,23). The highest BCUT2D eigenvalue weighted by atomic mass is 79.9. The first kappa shape index (κ1) is 16.3. The van der Waals surface area contributed by atoms with E-state index < -0.39 is 11.6 Å². The number of nitrogens with one attached hydrogen (secondary N) is 1. The van der Waals surface area contributed by atoms with Gasteiger partial charge in [-0.2, -0.15) is 0 Å². The van der Waals surface area contributed by atoms with Crippen LogP contribution in [0.5, 0.6) is 0 Å². The normalized spacial score (nSPS) is 10.6. The molecule has 0 radical (unpaired) electrons. The van der Waals surface area contributed by atoms with Crippen LogP contribution in [0.3, 0.4) is 0 Å². The molecule has 1 N–H and O–H groups in total. The first-order valence-electron chi connectivity index (χ1n) is 6.98. The number of rotatable bonds is 4. The lowest BCUT2D eigenvalue weighted by atomic mass is 10.1. The number of nitrogens with zero attached hydrogens (tertiary/aromatic N) is 1. The fraction of sp³-hybridized carbons (Fsp3) is 0.0588. The molecule has 3 rings (SSSR count). The van der Waals surface area contributed by atoms with Crippen LogP contribution in [0.15, 0.2) is 57.5 Å². The molecule has 0 atom stereocenters. The van der Waals surface area contributed by atoms with E-state index in [-0.39, 0.29) is 23.8 Å². The minimum absolute atomic E-state index is 0.106. The molecule has 0 saturated carbocycles. The summed E-state index contributed by atoms with van der Waals surface area (Å²) in [6, 6.07) is 11.6. The third-order valence-electron chi connectivity index (χ3n) is 3.29. The number of carbonyl (C=O) groups is 1. The Balaban J connectivity index is 1.68. The van der Waals surface area contributed by atoms with Gasteiger partial charge >= 0.3 is 0 Å². The van der Waals surface area contributed by atoms with Gasteiger partial charge in [-0.25, -0.2) is 8.78 Å². The van der Waals surface area contributed by atoms with Crippen LogP contribution in [0.25, 0.3) is 11.3 Å². The Hall–Kier alpha value is -2.54. The molecule has 1 heterocycles. The van der Waals surface area contributed by atoms with Gasteiger partial charge in [-0.1, -0.05) is 21.1 Å². The maximum Gasteiger partial charge on any atom is 0.251 e. The maximum atomic E-state index is 13.7. The second-order valence-corrected chi connectivity index (χ2v) is 5.91. The van der Waals surface area contributed by atoms with Gasteiger partial charge in [0, 0.05) is 22.2 Å². The highest BCUT2D eigenvalue weighted by Crippen LogP contribution is 2.24. The fourth-order valence-corrected chi connectivity index (χ4v) is 2.35. The van der Waals surface area contributed by atoms with E-state index in [9.17, 15) is 13.6 Å². The van der Waals surface area contributed by atoms with Crippen LogP contribution >= 0.6 is 15.9 Å². The van der Waals surface area contributed by atoms with Gasteiger partial charge in [0.1, 0.15) is 17.3 Å². The van der Waals surface area contributed by atoms with Crippen molar-refractivity contribution in [2.45, 2.75) is 6.54 Å². The Bertz CT molecular complexity index is 879. The molecule has 0 fully saturated rings. The summed E-state index contributed by atoms with van der Waals surface area (Å²) in [6.45, 7) is 0.126. The van der Waals surface area contributed by atoms with Crippen LogP contribution in [-0.4, -0.2) is 11.1 Å². The zero-order chi connectivity index (χ0) is 17.1. The van der Waals surface area contributed by atoms with Gasteiger partial charge in [0.15, 0.2) is 5.76 Å². The zero-order valence-electron chi connectivity index (χ0n) is 12.2. The second kappa shape index (κ2) is 6.92. The molecule has 4 nitrogen and oxygen atoms in total. The average Bonchev–Trinajstić information content (AvgIpc) is 3.02. The molecule has 7 heteroatoms. The van der Waals surface area contributed by atoms with Crippen molar-refractivity contribution in [3.63, 3.8) is 0 Å². The van der Waals surface area contributed by atoms with Crippen LogP contribution < -0.4 is 5.32 Å². The van der Waals surface area contributed by atoms with Crippen molar-refractivity contribution in [3.8, 4) is 11.3 Å². The number of halogens is 3. The number of aromatic nitrogens is 1. The topological polar surface area (TPSA) is 55.1 Å². The number of benzene rings is 2. The lowest BCUT2D eigenvalue weighted by Gasteiger charge is -2.02. The van der Waals surface area contributed by atoms with Gasteiger partial charge in [-0.3, -0.25) is 4.79 Å². The van der Waals surface area contributed by atoms with Gasteiger partial charge in [0.2, 0.25) is 0 Å². The summed E-state index contributed by atoms with van der Waals surface area (Å²) < 4.78 is 32.6. The van der Waals surface area contributed by atoms with Crippen LogP contribution in [0.2, 0.25) is 0 Å². The molecule has 0 aliphatic heterocycles. The quantitative estimate of drug-likeness (QED) is 0.719. The molecule has 0 aliphatic carbocycles. The average molecular weight is 393 g/mol. The Morgan fingerprint density at radius 3 is 2.58 bits per heavy atom. The number of amides is 1. The van der Waals surface area contributed by atoms with E-state index in [0.29, 0.717) is 11.3 Å². The Labute approximate surface area is 144 Å². The molecule has 1 amide bonds. The third-order valence-corrected chi connectivity index (χ3v) is 3.82. The summed E-state index contributed by atoms with van der Waals surface area (Å²) in [5, 5.41) is 6.47. The zero-order valence-corrected chi connectivity index (χ0v) is 13.8. The summed E-state index contributed by atoms with van der Waals surface area (Å²) in [5.41, 5.74) is 1.04. The van der Waals surface area contributed by atoms with Crippen molar-refractivity contribution in [2.75, 3.05) is 0 Å². The highest BCUT2D eigenvalue weighted by molar-refractivity contribution is 9.10. The van der Waals surface area contributed by atoms with E-state index in [0.717, 1.165) is 16.6 Å². The van der Waals surface area contributed by atoms with Crippen LogP contribution in [0, 0.1) is 11.6 Å². The lowest BCUT2D eigenvalue weighted by Crippen LogP contribution is -2.22. The first-order valence-corrected chi connectivity index (χ1v) is 7.77. The monoisotopic (exact) mass is 392 g/mol. The predicted molar refractivity (Wildman–Crippen MR) is 87.2 cm³/mol. The molecule has 24 heavy (non-hydrogen) atoms. The van der Waals surface area contributed by atoms with Crippen LogP contribution in [-0.2, 0) is 6.54 Å². The maximum absolute atomic E-state index is 13.7. The van der Waals surface area contributed by atoms with Crippen LogP contribution in [0.4, 0.5) is 8.78 Å². The van der Waals surface area contributed by atoms with Crippen molar-refractivity contribution < 1.29 is 18.1 Å². The SMILES string of the molecule is O=C(NCc1cc(-c2ccc(F)cc2F)on1)c1ccc(Br)cc1. The summed E-state index contributed by atoms with van der Waals surface area (Å²) in [6.07, 6.45) is 0. The molecule has 0 saturated heterocycles. The van der Waals surface area contributed by atoms with Gasteiger partial charge in [0.05, 0.1) is 12.1 Å². The smallest absolute Gasteiger partial charge is 0.251 e. The van der Waals surface area contributed by atoms with E-state index in [2.05, 4.69) is 26.4 Å². The minimum atomic E-state index is -0.739. The molecule has 0 unspecified atom stereocenters. The van der Waals surface area contributed by atoms with Crippen molar-refractivity contribution in [1.29, 1.82) is 0 Å². The van der Waals surface area contributed by atoms with Crippen molar-refractivity contribution in [1.82, 2.24) is 10.5 Å². The van der Waals surface area contributed by atoms with Crippen molar-refractivity contribution >= 4 is 21.8 Å². The Morgan fingerprint density at radius 2 is 1.88 bits per heavy atom. The molecule has 0 bridgehead atoms. The number of hydrogen-bond donors (Lipinski definition) is 1. The highest BCUT2D eigenvalue weighted by Gasteiger charge is 2.13. The summed E-state index contributed by atoms with van der Waals surface area (Å²) >= 11 is 3.30. The molecular weight excluding hydrogens is 382 g/mol. The summed E-state index contributed by atoms with van der Waals surface area (Å²) in [7, 11) is 0. The fourth-order valence-electron chi connectivity index (χ4n) is 2.09. The lowest BCUT2D eigenvalue weighted by molar-refractivity contribution is 0.0950. The summed E-state index contributed by atoms with van der Waals surface area (Å²) in [5.74, 6) is -1.50. The molecule has 1 aromatic heterocycles. The Morgan fingerprint density at radius 1 is 1.12 bits per heavy atom. The van der Waals surface area contributed by atoms with E-state index in [1.165, 1.54) is 12.1 Å². The third kappa shape index (κ3) is 3.68. The van der Waals surface area contributed by atoms with Gasteiger partial charge in [-0.15, -0.1) is 0 Å². The van der Waals surface area contributed by atoms with Gasteiger partial charge < -0.3 is 9.84 Å². The largest absolute Gasteiger partial charge is 0.356 e. The molecule has 0 aliphatic rings. The molecule has 0 spiro atoms. The molecular formula is C17H11BrF2N2O2. The van der Waals surface area contributed by atoms with E-state index in [1.807, 2.05) is 0 Å². The minimum Gasteiger partial charge on any atom is -0.356 e. The summed E-state index contributed by atoms with van der Waals surface area (Å²) in [4.78, 5) is 12.0. The van der Waals surface area contributed by atoms with Crippen molar-refractivity contribution in [2.24, 2.45) is 0 Å². The Kier molecular flexibility index (Phi) is 4.71. The van der Waals surface area contributed by atoms with E-state index in [1.54, 1.807) is 24.3 Å².